The Bertz CT molecular complexity index is 1100. The van der Waals surface area contributed by atoms with Crippen LogP contribution in [0, 0.1) is 19.8 Å². The molecule has 40 heavy (non-hydrogen) atoms. The van der Waals surface area contributed by atoms with Crippen molar-refractivity contribution in [3.05, 3.63) is 34.9 Å². The number of nitrogens with one attached hydrogen (secondary N) is 2. The molecule has 2 rings (SSSR count). The SMILES string of the molecule is CCOC(=O)CCNC(=O)C(c1cccc(C)c1C)N(C(=O)C(CCC(N)=O)NC(=O)OC(C)(C)C)C1CC1C. The molecule has 1 fully saturated rings. The summed E-state index contributed by atoms with van der Waals surface area (Å²) in [7, 11) is 0. The maximum absolute atomic E-state index is 14.2. The van der Waals surface area contributed by atoms with Crippen LogP contribution < -0.4 is 16.4 Å². The summed E-state index contributed by atoms with van der Waals surface area (Å²) in [4.78, 5) is 65.7. The number of rotatable bonds is 13. The van der Waals surface area contributed by atoms with Crippen molar-refractivity contribution in [2.45, 2.75) is 97.9 Å². The molecule has 0 saturated heterocycles. The zero-order chi connectivity index (χ0) is 30.2. The van der Waals surface area contributed by atoms with E-state index in [1.54, 1.807) is 33.8 Å². The first-order valence-electron chi connectivity index (χ1n) is 13.8. The molecule has 0 radical (unpaired) electrons. The number of aryl methyl sites for hydroxylation is 1. The summed E-state index contributed by atoms with van der Waals surface area (Å²) in [5.41, 5.74) is 6.97. The fraction of sp³-hybridized carbons (Fsp3) is 0.621. The minimum absolute atomic E-state index is 0.0195. The van der Waals surface area contributed by atoms with Gasteiger partial charge in [0, 0.05) is 19.0 Å². The average molecular weight is 561 g/mol. The van der Waals surface area contributed by atoms with Gasteiger partial charge in [0.25, 0.3) is 0 Å². The predicted octanol–water partition coefficient (Wildman–Crippen LogP) is 2.81. The van der Waals surface area contributed by atoms with E-state index in [2.05, 4.69) is 10.6 Å². The summed E-state index contributed by atoms with van der Waals surface area (Å²) in [6.45, 7) is 12.8. The van der Waals surface area contributed by atoms with Gasteiger partial charge in [-0.1, -0.05) is 25.1 Å². The number of primary amides is 1. The third kappa shape index (κ3) is 9.53. The lowest BCUT2D eigenvalue weighted by Crippen LogP contribution is -2.54. The number of alkyl carbamates (subject to hydrolysis) is 1. The van der Waals surface area contributed by atoms with Crippen LogP contribution in [0.2, 0.25) is 0 Å². The molecule has 1 saturated carbocycles. The van der Waals surface area contributed by atoms with Gasteiger partial charge >= 0.3 is 12.1 Å². The summed E-state index contributed by atoms with van der Waals surface area (Å²) in [6, 6.07) is 3.06. The summed E-state index contributed by atoms with van der Waals surface area (Å²) >= 11 is 0. The van der Waals surface area contributed by atoms with E-state index >= 15 is 0 Å². The second-order valence-electron chi connectivity index (χ2n) is 11.3. The second-order valence-corrected chi connectivity index (χ2v) is 11.3. The van der Waals surface area contributed by atoms with Crippen molar-refractivity contribution in [3.63, 3.8) is 0 Å². The first kappa shape index (κ1) is 32.6. The molecular weight excluding hydrogens is 516 g/mol. The minimum atomic E-state index is -1.16. The Kier molecular flexibility index (Phi) is 11.5. The fourth-order valence-electron chi connectivity index (χ4n) is 4.45. The van der Waals surface area contributed by atoms with Crippen molar-refractivity contribution >= 4 is 29.8 Å². The summed E-state index contributed by atoms with van der Waals surface area (Å²) in [5.74, 6) is -1.94. The van der Waals surface area contributed by atoms with Gasteiger partial charge in [-0.25, -0.2) is 4.79 Å². The van der Waals surface area contributed by atoms with Crippen molar-refractivity contribution in [1.82, 2.24) is 15.5 Å². The molecule has 1 aliphatic rings. The molecule has 1 aromatic carbocycles. The Labute approximate surface area is 236 Å². The average Bonchev–Trinajstić information content (AvgIpc) is 3.56. The number of nitrogens with zero attached hydrogens (tertiary/aromatic N) is 1. The maximum Gasteiger partial charge on any atom is 0.408 e. The summed E-state index contributed by atoms with van der Waals surface area (Å²) in [6.07, 6.45) is -0.386. The van der Waals surface area contributed by atoms with E-state index in [9.17, 15) is 24.0 Å². The highest BCUT2D eigenvalue weighted by atomic mass is 16.6. The number of amides is 4. The van der Waals surface area contributed by atoms with Gasteiger partial charge in [-0.05, 0) is 77.0 Å². The first-order chi connectivity index (χ1) is 18.7. The Balaban J connectivity index is 2.49. The number of carbonyl (C=O) groups is 5. The van der Waals surface area contributed by atoms with E-state index in [0.29, 0.717) is 12.0 Å². The highest BCUT2D eigenvalue weighted by Gasteiger charge is 2.48. The van der Waals surface area contributed by atoms with E-state index < -0.39 is 47.5 Å². The Hall–Kier alpha value is -3.63. The van der Waals surface area contributed by atoms with Crippen molar-refractivity contribution in [2.75, 3.05) is 13.2 Å². The van der Waals surface area contributed by atoms with Crippen molar-refractivity contribution in [2.24, 2.45) is 11.7 Å². The molecule has 4 amide bonds. The third-order valence-electron chi connectivity index (χ3n) is 6.75. The molecule has 0 aliphatic heterocycles. The van der Waals surface area contributed by atoms with Crippen LogP contribution in [0.3, 0.4) is 0 Å². The van der Waals surface area contributed by atoms with Crippen LogP contribution in [0.1, 0.15) is 83.0 Å². The van der Waals surface area contributed by atoms with Gasteiger partial charge in [-0.2, -0.15) is 0 Å². The van der Waals surface area contributed by atoms with Crippen molar-refractivity contribution in [3.8, 4) is 0 Å². The van der Waals surface area contributed by atoms with Crippen molar-refractivity contribution < 1.29 is 33.4 Å². The molecule has 0 spiro atoms. The van der Waals surface area contributed by atoms with Gasteiger partial charge in [0.2, 0.25) is 17.7 Å². The lowest BCUT2D eigenvalue weighted by molar-refractivity contribution is -0.145. The predicted molar refractivity (Wildman–Crippen MR) is 149 cm³/mol. The molecule has 4 unspecified atom stereocenters. The molecule has 11 nitrogen and oxygen atoms in total. The van der Waals surface area contributed by atoms with Crippen LogP contribution in [-0.4, -0.2) is 65.5 Å². The van der Waals surface area contributed by atoms with Gasteiger partial charge < -0.3 is 30.7 Å². The smallest absolute Gasteiger partial charge is 0.408 e. The Morgan fingerprint density at radius 2 is 1.77 bits per heavy atom. The largest absolute Gasteiger partial charge is 0.466 e. The third-order valence-corrected chi connectivity index (χ3v) is 6.75. The van der Waals surface area contributed by atoms with Crippen LogP contribution in [0.15, 0.2) is 18.2 Å². The van der Waals surface area contributed by atoms with Gasteiger partial charge in [-0.15, -0.1) is 0 Å². The Morgan fingerprint density at radius 1 is 1.12 bits per heavy atom. The highest BCUT2D eigenvalue weighted by Crippen LogP contribution is 2.41. The number of nitrogens with two attached hydrogens (primary N) is 1. The second kappa shape index (κ2) is 14.1. The van der Waals surface area contributed by atoms with Gasteiger partial charge in [-0.3, -0.25) is 19.2 Å². The molecule has 11 heteroatoms. The van der Waals surface area contributed by atoms with Crippen LogP contribution in [-0.2, 0) is 28.7 Å². The molecule has 0 bridgehead atoms. The molecule has 0 aromatic heterocycles. The molecule has 4 atom stereocenters. The zero-order valence-corrected chi connectivity index (χ0v) is 24.7. The van der Waals surface area contributed by atoms with E-state index in [1.807, 2.05) is 32.9 Å². The van der Waals surface area contributed by atoms with Crippen LogP contribution in [0.4, 0.5) is 4.79 Å². The zero-order valence-electron chi connectivity index (χ0n) is 24.7. The van der Waals surface area contributed by atoms with E-state index in [4.69, 9.17) is 15.2 Å². The van der Waals surface area contributed by atoms with Gasteiger partial charge in [0.1, 0.15) is 17.7 Å². The monoisotopic (exact) mass is 560 g/mol. The van der Waals surface area contributed by atoms with Gasteiger partial charge in [0.05, 0.1) is 13.0 Å². The molecule has 1 aliphatic carbocycles. The number of hydrogen-bond acceptors (Lipinski definition) is 7. The number of esters is 1. The number of hydrogen-bond donors (Lipinski definition) is 3. The maximum atomic E-state index is 14.2. The molecule has 4 N–H and O–H groups in total. The molecular formula is C29H44N4O7. The number of carbonyl (C=O) groups excluding carboxylic acids is 5. The molecule has 1 aromatic rings. The summed E-state index contributed by atoms with van der Waals surface area (Å²) < 4.78 is 10.3. The number of benzene rings is 1. The Morgan fingerprint density at radius 3 is 2.33 bits per heavy atom. The lowest BCUT2D eigenvalue weighted by Gasteiger charge is -2.36. The van der Waals surface area contributed by atoms with Crippen molar-refractivity contribution in [1.29, 1.82) is 0 Å². The van der Waals surface area contributed by atoms with E-state index in [1.165, 1.54) is 4.90 Å². The van der Waals surface area contributed by atoms with Gasteiger partial charge in [0.15, 0.2) is 0 Å². The first-order valence-corrected chi connectivity index (χ1v) is 13.8. The van der Waals surface area contributed by atoms with Crippen LogP contribution >= 0.6 is 0 Å². The summed E-state index contributed by atoms with van der Waals surface area (Å²) in [5, 5.41) is 5.39. The topological polar surface area (TPSA) is 157 Å². The quantitative estimate of drug-likeness (QED) is 0.313. The molecule has 222 valence electrons. The highest BCUT2D eigenvalue weighted by molar-refractivity contribution is 5.93. The van der Waals surface area contributed by atoms with E-state index in [0.717, 1.165) is 11.1 Å². The lowest BCUT2D eigenvalue weighted by atomic mass is 9.94. The fourth-order valence-corrected chi connectivity index (χ4v) is 4.45. The number of ether oxygens (including phenoxy) is 2. The van der Waals surface area contributed by atoms with Crippen LogP contribution in [0.25, 0.3) is 0 Å². The molecule has 0 heterocycles. The minimum Gasteiger partial charge on any atom is -0.466 e. The van der Waals surface area contributed by atoms with E-state index in [-0.39, 0.29) is 44.4 Å². The standard InChI is InChI=1S/C29H44N4O7/c1-8-39-24(35)14-15-31-26(36)25(20-11-9-10-17(2)19(20)4)33(22-16-18(22)3)27(37)21(12-13-23(30)34)32-28(38)40-29(5,6)7/h9-11,18,21-22,25H,8,12-16H2,1-7H3,(H2,30,34)(H,31,36)(H,32,38). The van der Waals surface area contributed by atoms with Crippen LogP contribution in [0.5, 0.6) is 0 Å². The normalized spacial score (nSPS) is 17.7.